The zero-order valence-electron chi connectivity index (χ0n) is 14.8. The van der Waals surface area contributed by atoms with Gasteiger partial charge in [0.1, 0.15) is 0 Å². The fourth-order valence-electron chi connectivity index (χ4n) is 7.86. The van der Waals surface area contributed by atoms with Crippen LogP contribution in [-0.4, -0.2) is 30.2 Å². The lowest BCUT2D eigenvalue weighted by Gasteiger charge is -2.53. The Morgan fingerprint density at radius 1 is 1.00 bits per heavy atom. The Balaban J connectivity index is 1.32. The molecule has 3 nitrogen and oxygen atoms in total. The molecule has 0 unspecified atom stereocenters. The van der Waals surface area contributed by atoms with Crippen LogP contribution < -0.4 is 0 Å². The molecule has 0 aromatic heterocycles. The van der Waals surface area contributed by atoms with Crippen molar-refractivity contribution < 1.29 is 14.6 Å². The standard InChI is InChI=1S/C21H30O3/c1-20-6-4-14-13-5-7-21(23-8-9-24-21)11-12(13)2-3-15(14)18(20)16-10-17(16)19(20)22/h14-19,22H,2-11H2,1H3/t14-,15-,16+,17-,18-,19-,20+/m1/s1. The van der Waals surface area contributed by atoms with Gasteiger partial charge in [0.05, 0.1) is 19.3 Å². The van der Waals surface area contributed by atoms with Crippen molar-refractivity contribution in [3.63, 3.8) is 0 Å². The maximum atomic E-state index is 10.8. The predicted molar refractivity (Wildman–Crippen MR) is 90.2 cm³/mol. The fraction of sp³-hybridized carbons (Fsp3) is 0.905. The van der Waals surface area contributed by atoms with Crippen LogP contribution >= 0.6 is 0 Å². The molecule has 132 valence electrons. The van der Waals surface area contributed by atoms with E-state index in [2.05, 4.69) is 6.92 Å². The van der Waals surface area contributed by atoms with E-state index in [1.807, 2.05) is 0 Å². The van der Waals surface area contributed by atoms with Gasteiger partial charge in [0.25, 0.3) is 0 Å². The van der Waals surface area contributed by atoms with Gasteiger partial charge in [-0.2, -0.15) is 0 Å². The first-order valence-electron chi connectivity index (χ1n) is 10.3. The predicted octanol–water partition coefficient (Wildman–Crippen LogP) is 3.66. The van der Waals surface area contributed by atoms with Crippen LogP contribution in [0.25, 0.3) is 0 Å². The third-order valence-corrected chi connectivity index (χ3v) is 8.92. The molecule has 1 N–H and O–H groups in total. The average molecular weight is 330 g/mol. The van der Waals surface area contributed by atoms with Crippen molar-refractivity contribution in [2.75, 3.05) is 13.2 Å². The molecule has 1 aliphatic heterocycles. The van der Waals surface area contributed by atoms with Crippen molar-refractivity contribution in [3.05, 3.63) is 11.1 Å². The minimum Gasteiger partial charge on any atom is -0.392 e. The van der Waals surface area contributed by atoms with Crippen molar-refractivity contribution >= 4 is 0 Å². The van der Waals surface area contributed by atoms with Gasteiger partial charge in [0.2, 0.25) is 0 Å². The molecule has 4 fully saturated rings. The first-order chi connectivity index (χ1) is 11.6. The van der Waals surface area contributed by atoms with Gasteiger partial charge in [-0.3, -0.25) is 0 Å². The summed E-state index contributed by atoms with van der Waals surface area (Å²) in [5.41, 5.74) is 3.69. The number of rotatable bonds is 0. The Bertz CT molecular complexity index is 604. The zero-order valence-corrected chi connectivity index (χ0v) is 14.8. The first kappa shape index (κ1) is 14.8. The minimum absolute atomic E-state index is 0.0151. The topological polar surface area (TPSA) is 38.7 Å². The number of ether oxygens (including phenoxy) is 2. The van der Waals surface area contributed by atoms with Crippen LogP contribution in [0.1, 0.15) is 58.3 Å². The second-order valence-corrected chi connectivity index (χ2v) is 9.80. The smallest absolute Gasteiger partial charge is 0.172 e. The van der Waals surface area contributed by atoms with E-state index in [-0.39, 0.29) is 17.3 Å². The largest absolute Gasteiger partial charge is 0.392 e. The summed E-state index contributed by atoms with van der Waals surface area (Å²) in [6.45, 7) is 3.96. The minimum atomic E-state index is -0.264. The molecule has 0 aromatic rings. The lowest BCUT2D eigenvalue weighted by Crippen LogP contribution is -2.48. The number of aliphatic hydroxyl groups is 1. The Kier molecular flexibility index (Phi) is 2.87. The van der Waals surface area contributed by atoms with Gasteiger partial charge in [-0.1, -0.05) is 18.1 Å². The third kappa shape index (κ3) is 1.74. The Morgan fingerprint density at radius 3 is 2.67 bits per heavy atom. The van der Waals surface area contributed by atoms with Gasteiger partial charge in [0, 0.05) is 12.8 Å². The Morgan fingerprint density at radius 2 is 1.83 bits per heavy atom. The van der Waals surface area contributed by atoms with Gasteiger partial charge in [0.15, 0.2) is 5.79 Å². The molecular formula is C21H30O3. The van der Waals surface area contributed by atoms with Crippen molar-refractivity contribution in [2.24, 2.45) is 35.0 Å². The van der Waals surface area contributed by atoms with E-state index in [1.165, 1.54) is 38.5 Å². The SMILES string of the molecule is C[C@]12CC[C@@H]3C4=C(CC[C@H]3[C@@H]1[C@H]1C[C@H]1[C@H]2O)CC1(CC4)OCCO1. The number of hydrogen-bond donors (Lipinski definition) is 1. The summed E-state index contributed by atoms with van der Waals surface area (Å²) in [6.07, 6.45) is 9.72. The molecule has 1 saturated heterocycles. The summed E-state index contributed by atoms with van der Waals surface area (Å²) in [6, 6.07) is 0. The number of fused-ring (bicyclic) bond motifs is 6. The summed E-state index contributed by atoms with van der Waals surface area (Å²) in [5.74, 6) is 3.66. The second kappa shape index (κ2) is 4.66. The normalized spacial score (nSPS) is 54.2. The highest BCUT2D eigenvalue weighted by Gasteiger charge is 2.68. The highest BCUT2D eigenvalue weighted by Crippen LogP contribution is 2.71. The van der Waals surface area contributed by atoms with E-state index in [1.54, 1.807) is 11.1 Å². The summed E-state index contributed by atoms with van der Waals surface area (Å²) < 4.78 is 12.0. The average Bonchev–Trinajstić information content (AvgIpc) is 3.18. The van der Waals surface area contributed by atoms with E-state index in [0.29, 0.717) is 5.92 Å². The fourth-order valence-corrected chi connectivity index (χ4v) is 7.86. The van der Waals surface area contributed by atoms with Crippen molar-refractivity contribution in [3.8, 4) is 0 Å². The number of aliphatic hydroxyl groups excluding tert-OH is 1. The van der Waals surface area contributed by atoms with E-state index >= 15 is 0 Å². The molecule has 1 spiro atoms. The number of hydrogen-bond acceptors (Lipinski definition) is 3. The first-order valence-corrected chi connectivity index (χ1v) is 10.3. The molecule has 6 rings (SSSR count). The van der Waals surface area contributed by atoms with Gasteiger partial charge in [-0.25, -0.2) is 0 Å². The summed E-state index contributed by atoms with van der Waals surface area (Å²) in [5, 5.41) is 10.8. The molecule has 1 heterocycles. The van der Waals surface area contributed by atoms with E-state index in [0.717, 1.165) is 49.7 Å². The molecule has 7 atom stereocenters. The zero-order chi connectivity index (χ0) is 16.1. The molecule has 3 heteroatoms. The molecule has 3 saturated carbocycles. The summed E-state index contributed by atoms with van der Waals surface area (Å²) >= 11 is 0. The number of allylic oxidation sites excluding steroid dienone is 1. The Hall–Kier alpha value is -0.380. The molecular weight excluding hydrogens is 300 g/mol. The summed E-state index contributed by atoms with van der Waals surface area (Å²) in [7, 11) is 0. The highest BCUT2D eigenvalue weighted by molar-refractivity contribution is 5.30. The monoisotopic (exact) mass is 330 g/mol. The van der Waals surface area contributed by atoms with Crippen LogP contribution in [0.5, 0.6) is 0 Å². The van der Waals surface area contributed by atoms with E-state index < -0.39 is 0 Å². The van der Waals surface area contributed by atoms with Gasteiger partial charge < -0.3 is 14.6 Å². The Labute approximate surface area is 144 Å². The lowest BCUT2D eigenvalue weighted by molar-refractivity contribution is -0.166. The highest BCUT2D eigenvalue weighted by atomic mass is 16.7. The van der Waals surface area contributed by atoms with Crippen LogP contribution in [-0.2, 0) is 9.47 Å². The van der Waals surface area contributed by atoms with Crippen molar-refractivity contribution in [1.29, 1.82) is 0 Å². The molecule has 0 bridgehead atoms. The molecule has 0 radical (unpaired) electrons. The van der Waals surface area contributed by atoms with Gasteiger partial charge in [-0.15, -0.1) is 0 Å². The molecule has 5 aliphatic carbocycles. The molecule has 0 amide bonds. The van der Waals surface area contributed by atoms with Crippen LogP contribution in [0.15, 0.2) is 11.1 Å². The van der Waals surface area contributed by atoms with Gasteiger partial charge >= 0.3 is 0 Å². The maximum absolute atomic E-state index is 10.8. The molecule has 0 aromatic carbocycles. The van der Waals surface area contributed by atoms with Crippen LogP contribution in [0.2, 0.25) is 0 Å². The second-order valence-electron chi connectivity index (χ2n) is 9.80. The van der Waals surface area contributed by atoms with E-state index in [4.69, 9.17) is 9.47 Å². The van der Waals surface area contributed by atoms with Crippen LogP contribution in [0, 0.1) is 35.0 Å². The maximum Gasteiger partial charge on any atom is 0.172 e. The van der Waals surface area contributed by atoms with Crippen molar-refractivity contribution in [1.82, 2.24) is 0 Å². The van der Waals surface area contributed by atoms with Crippen LogP contribution in [0.4, 0.5) is 0 Å². The molecule has 6 aliphatic rings. The van der Waals surface area contributed by atoms with Crippen molar-refractivity contribution in [2.45, 2.75) is 70.2 Å². The quantitative estimate of drug-likeness (QED) is 0.689. The lowest BCUT2D eigenvalue weighted by atomic mass is 9.53. The van der Waals surface area contributed by atoms with Crippen LogP contribution in [0.3, 0.4) is 0 Å². The third-order valence-electron chi connectivity index (χ3n) is 8.92. The summed E-state index contributed by atoms with van der Waals surface area (Å²) in [4.78, 5) is 0. The van der Waals surface area contributed by atoms with Gasteiger partial charge in [-0.05, 0) is 73.5 Å². The molecule has 24 heavy (non-hydrogen) atoms. The van der Waals surface area contributed by atoms with E-state index in [9.17, 15) is 5.11 Å².